The highest BCUT2D eigenvalue weighted by Crippen LogP contribution is 2.44. The molecule has 4 heteroatoms. The predicted molar refractivity (Wildman–Crippen MR) is 85.0 cm³/mol. The summed E-state index contributed by atoms with van der Waals surface area (Å²) in [4.78, 5) is 12.7. The van der Waals surface area contributed by atoms with Crippen molar-refractivity contribution in [3.8, 4) is 0 Å². The van der Waals surface area contributed by atoms with E-state index >= 15 is 0 Å². The number of carbonyl (C=O) groups excluding carboxylic acids is 1. The Bertz CT molecular complexity index is 540. The Kier molecular flexibility index (Phi) is 4.90. The number of carbonyl (C=O) groups is 1. The molecule has 0 unspecified atom stereocenters. The zero-order chi connectivity index (χ0) is 16.4. The van der Waals surface area contributed by atoms with Crippen molar-refractivity contribution in [1.82, 2.24) is 5.32 Å². The van der Waals surface area contributed by atoms with E-state index < -0.39 is 11.5 Å². The fraction of sp³-hybridized carbons (Fsp3) is 0.611. The Morgan fingerprint density at radius 3 is 2.64 bits per heavy atom. The van der Waals surface area contributed by atoms with Gasteiger partial charge in [0, 0.05) is 12.0 Å². The number of halogens is 1. The first-order valence-electron chi connectivity index (χ1n) is 8.06. The molecule has 122 valence electrons. The van der Waals surface area contributed by atoms with Gasteiger partial charge in [0.25, 0.3) is 0 Å². The molecule has 1 fully saturated rings. The molecule has 1 aromatic rings. The number of aliphatic hydroxyl groups is 1. The third-order valence-corrected chi connectivity index (χ3v) is 5.49. The van der Waals surface area contributed by atoms with Crippen LogP contribution in [0.1, 0.15) is 52.0 Å². The Morgan fingerprint density at radius 2 is 2.18 bits per heavy atom. The van der Waals surface area contributed by atoms with Gasteiger partial charge in [0.1, 0.15) is 5.82 Å². The molecule has 0 spiro atoms. The molecular formula is C18H26FNO2. The zero-order valence-electron chi connectivity index (χ0n) is 13.7. The van der Waals surface area contributed by atoms with Gasteiger partial charge in [-0.25, -0.2) is 4.39 Å². The topological polar surface area (TPSA) is 49.3 Å². The van der Waals surface area contributed by atoms with E-state index in [9.17, 15) is 14.3 Å². The second-order valence-corrected chi connectivity index (χ2v) is 6.81. The molecule has 1 amide bonds. The van der Waals surface area contributed by atoms with Crippen LogP contribution in [-0.4, -0.2) is 23.7 Å². The van der Waals surface area contributed by atoms with E-state index in [1.807, 2.05) is 19.9 Å². The molecule has 1 aromatic carbocycles. The highest BCUT2D eigenvalue weighted by molar-refractivity contribution is 5.89. The predicted octanol–water partition coefficient (Wildman–Crippen LogP) is 3.16. The van der Waals surface area contributed by atoms with E-state index in [2.05, 4.69) is 5.32 Å². The third kappa shape index (κ3) is 3.02. The molecule has 0 saturated heterocycles. The van der Waals surface area contributed by atoms with Gasteiger partial charge in [-0.3, -0.25) is 4.79 Å². The molecule has 1 saturated carbocycles. The highest BCUT2D eigenvalue weighted by Gasteiger charge is 2.46. The lowest BCUT2D eigenvalue weighted by molar-refractivity contribution is -0.130. The van der Waals surface area contributed by atoms with Crippen molar-refractivity contribution in [3.63, 3.8) is 0 Å². The van der Waals surface area contributed by atoms with Gasteiger partial charge in [-0.05, 0) is 43.9 Å². The smallest absolute Gasteiger partial charge is 0.230 e. The van der Waals surface area contributed by atoms with Gasteiger partial charge in [-0.1, -0.05) is 32.4 Å². The molecule has 0 radical (unpaired) electrons. The Balaban J connectivity index is 2.13. The summed E-state index contributed by atoms with van der Waals surface area (Å²) in [5.74, 6) is -0.358. The number of amides is 1. The van der Waals surface area contributed by atoms with Crippen molar-refractivity contribution in [1.29, 1.82) is 0 Å². The standard InChI is InChI=1S/C18H26FNO2/c1-4-17(3,13(2)21)12-20-16(22)18(9-6-10-18)14-7-5-8-15(19)11-14/h5,7-8,11,13,21H,4,6,9-10,12H2,1-3H3,(H,20,22)/t13-,17+/m0/s1. The van der Waals surface area contributed by atoms with Crippen LogP contribution in [-0.2, 0) is 10.2 Å². The molecule has 1 aliphatic rings. The molecule has 0 heterocycles. The second kappa shape index (κ2) is 6.37. The minimum atomic E-state index is -0.602. The van der Waals surface area contributed by atoms with Crippen LogP contribution in [0, 0.1) is 11.2 Å². The van der Waals surface area contributed by atoms with Crippen molar-refractivity contribution in [2.75, 3.05) is 6.54 Å². The quantitative estimate of drug-likeness (QED) is 0.848. The Morgan fingerprint density at radius 1 is 1.50 bits per heavy atom. The minimum Gasteiger partial charge on any atom is -0.393 e. The van der Waals surface area contributed by atoms with E-state index in [4.69, 9.17) is 0 Å². The minimum absolute atomic E-state index is 0.0512. The highest BCUT2D eigenvalue weighted by atomic mass is 19.1. The first-order valence-corrected chi connectivity index (χ1v) is 8.06. The first-order chi connectivity index (χ1) is 10.3. The molecule has 0 bridgehead atoms. The van der Waals surface area contributed by atoms with Crippen molar-refractivity contribution < 1.29 is 14.3 Å². The van der Waals surface area contributed by atoms with Gasteiger partial charge in [0.2, 0.25) is 5.91 Å². The van der Waals surface area contributed by atoms with Crippen LogP contribution in [0.25, 0.3) is 0 Å². The van der Waals surface area contributed by atoms with E-state index in [1.165, 1.54) is 12.1 Å². The summed E-state index contributed by atoms with van der Waals surface area (Å²) >= 11 is 0. The summed E-state index contributed by atoms with van der Waals surface area (Å²) in [6.45, 7) is 6.15. The Hall–Kier alpha value is -1.42. The van der Waals surface area contributed by atoms with Crippen molar-refractivity contribution >= 4 is 5.91 Å². The average molecular weight is 307 g/mol. The summed E-state index contributed by atoms with van der Waals surface area (Å²) in [5, 5.41) is 12.9. The maximum Gasteiger partial charge on any atom is 0.230 e. The van der Waals surface area contributed by atoms with Crippen LogP contribution in [0.4, 0.5) is 4.39 Å². The SMILES string of the molecule is CC[C@](C)(CNC(=O)C1(c2cccc(F)c2)CCC1)[C@H](C)O. The fourth-order valence-electron chi connectivity index (χ4n) is 2.98. The van der Waals surface area contributed by atoms with Crippen LogP contribution < -0.4 is 5.32 Å². The van der Waals surface area contributed by atoms with Crippen LogP contribution in [0.2, 0.25) is 0 Å². The molecule has 0 aliphatic heterocycles. The molecule has 2 rings (SSSR count). The molecule has 22 heavy (non-hydrogen) atoms. The van der Waals surface area contributed by atoms with E-state index in [-0.39, 0.29) is 17.1 Å². The number of aliphatic hydroxyl groups excluding tert-OH is 1. The lowest BCUT2D eigenvalue weighted by Crippen LogP contribution is -2.52. The summed E-state index contributed by atoms with van der Waals surface area (Å²) < 4.78 is 13.5. The fourth-order valence-corrected chi connectivity index (χ4v) is 2.98. The third-order valence-electron chi connectivity index (χ3n) is 5.49. The van der Waals surface area contributed by atoms with Gasteiger partial charge in [-0.15, -0.1) is 0 Å². The van der Waals surface area contributed by atoms with Gasteiger partial charge in [0.15, 0.2) is 0 Å². The van der Waals surface area contributed by atoms with Crippen molar-refractivity contribution in [2.45, 2.75) is 58.0 Å². The van der Waals surface area contributed by atoms with E-state index in [0.717, 1.165) is 31.2 Å². The number of benzene rings is 1. The zero-order valence-corrected chi connectivity index (χ0v) is 13.7. The second-order valence-electron chi connectivity index (χ2n) is 6.81. The van der Waals surface area contributed by atoms with E-state index in [1.54, 1.807) is 13.0 Å². The lowest BCUT2D eigenvalue weighted by Gasteiger charge is -2.42. The first kappa shape index (κ1) is 16.9. The molecule has 0 aromatic heterocycles. The van der Waals surface area contributed by atoms with E-state index in [0.29, 0.717) is 6.54 Å². The van der Waals surface area contributed by atoms with Gasteiger partial charge in [0.05, 0.1) is 11.5 Å². The molecule has 1 aliphatic carbocycles. The van der Waals surface area contributed by atoms with Crippen LogP contribution >= 0.6 is 0 Å². The average Bonchev–Trinajstić information content (AvgIpc) is 2.43. The number of nitrogens with one attached hydrogen (secondary N) is 1. The maximum atomic E-state index is 13.5. The molecule has 2 N–H and O–H groups in total. The molecule has 2 atom stereocenters. The summed E-state index contributed by atoms with van der Waals surface area (Å²) in [6.07, 6.45) is 2.76. The lowest BCUT2D eigenvalue weighted by atomic mass is 9.63. The maximum absolute atomic E-state index is 13.5. The van der Waals surface area contributed by atoms with Gasteiger partial charge < -0.3 is 10.4 Å². The van der Waals surface area contributed by atoms with Crippen LogP contribution in [0.15, 0.2) is 24.3 Å². The van der Waals surface area contributed by atoms with Crippen LogP contribution in [0.3, 0.4) is 0 Å². The normalized spacial score (nSPS) is 20.6. The largest absolute Gasteiger partial charge is 0.393 e. The van der Waals surface area contributed by atoms with Crippen LogP contribution in [0.5, 0.6) is 0 Å². The number of hydrogen-bond acceptors (Lipinski definition) is 2. The molecular weight excluding hydrogens is 281 g/mol. The summed E-state index contributed by atoms with van der Waals surface area (Å²) in [5.41, 5.74) is -0.190. The van der Waals surface area contributed by atoms with Crippen molar-refractivity contribution in [2.24, 2.45) is 5.41 Å². The van der Waals surface area contributed by atoms with Crippen molar-refractivity contribution in [3.05, 3.63) is 35.6 Å². The molecule has 3 nitrogen and oxygen atoms in total. The van der Waals surface area contributed by atoms with Gasteiger partial charge in [-0.2, -0.15) is 0 Å². The summed E-state index contributed by atoms with van der Waals surface area (Å²) in [7, 11) is 0. The van der Waals surface area contributed by atoms with Gasteiger partial charge >= 0.3 is 0 Å². The number of hydrogen-bond donors (Lipinski definition) is 2. The monoisotopic (exact) mass is 307 g/mol. The number of rotatable bonds is 6. The Labute approximate surface area is 131 Å². The summed E-state index contributed by atoms with van der Waals surface area (Å²) in [6, 6.07) is 6.35.